The smallest absolute Gasteiger partial charge is 0.220 e. The summed E-state index contributed by atoms with van der Waals surface area (Å²) >= 11 is 1.57. The molecule has 1 aliphatic rings. The number of nitrogens with one attached hydrogen (secondary N) is 2. The Kier molecular flexibility index (Phi) is 11.8. The minimum atomic E-state index is 0. The Bertz CT molecular complexity index is 482. The van der Waals surface area contributed by atoms with Crippen LogP contribution in [0.25, 0.3) is 0 Å². The zero-order valence-electron chi connectivity index (χ0n) is 14.5. The summed E-state index contributed by atoms with van der Waals surface area (Å²) in [7, 11) is 1.68. The number of hydrogen-bond donors (Lipinski definition) is 2. The Morgan fingerprint density at radius 3 is 2.88 bits per heavy atom. The summed E-state index contributed by atoms with van der Waals surface area (Å²) in [5, 5.41) is 9.33. The molecule has 140 valence electrons. The maximum absolute atomic E-state index is 12.1. The number of halogens is 2. The van der Waals surface area contributed by atoms with Crippen LogP contribution in [0.3, 0.4) is 0 Å². The molecule has 24 heavy (non-hydrogen) atoms. The van der Waals surface area contributed by atoms with E-state index in [4.69, 9.17) is 4.74 Å². The van der Waals surface area contributed by atoms with Crippen molar-refractivity contribution >= 4 is 42.1 Å². The predicted molar refractivity (Wildman–Crippen MR) is 103 cm³/mol. The Labute approximate surface area is 161 Å². The van der Waals surface area contributed by atoms with Crippen LogP contribution in [0.5, 0.6) is 0 Å². The van der Waals surface area contributed by atoms with Crippen molar-refractivity contribution in [3.63, 3.8) is 0 Å². The predicted octanol–water partition coefficient (Wildman–Crippen LogP) is 3.34. The number of aromatic nitrogens is 1. The SMILES string of the molecule is COC(C)c1nc(CNC(=O)CC(C)C2CCCNC2)cs1.Cl.Cl. The highest BCUT2D eigenvalue weighted by Crippen LogP contribution is 2.23. The molecule has 0 aromatic carbocycles. The van der Waals surface area contributed by atoms with Crippen LogP contribution in [0.15, 0.2) is 5.38 Å². The fraction of sp³-hybridized carbons (Fsp3) is 0.750. The minimum absolute atomic E-state index is 0. The summed E-state index contributed by atoms with van der Waals surface area (Å²) in [6, 6.07) is 0. The first-order chi connectivity index (χ1) is 10.6. The number of piperidine rings is 1. The molecule has 2 N–H and O–H groups in total. The molecule has 0 aliphatic carbocycles. The van der Waals surface area contributed by atoms with Gasteiger partial charge in [0.05, 0.1) is 12.2 Å². The van der Waals surface area contributed by atoms with Gasteiger partial charge in [0.1, 0.15) is 11.1 Å². The minimum Gasteiger partial charge on any atom is -0.375 e. The molecule has 3 atom stereocenters. The van der Waals surface area contributed by atoms with Gasteiger partial charge in [-0.1, -0.05) is 6.92 Å². The van der Waals surface area contributed by atoms with E-state index in [0.29, 0.717) is 24.8 Å². The Hall–Kier alpha value is -0.400. The van der Waals surface area contributed by atoms with E-state index in [2.05, 4.69) is 22.5 Å². The summed E-state index contributed by atoms with van der Waals surface area (Å²) < 4.78 is 5.25. The molecular formula is C16H29Cl2N3O2S. The van der Waals surface area contributed by atoms with Gasteiger partial charge in [0.25, 0.3) is 0 Å². The molecule has 2 heterocycles. The molecular weight excluding hydrogens is 369 g/mol. The highest BCUT2D eigenvalue weighted by molar-refractivity contribution is 7.09. The standard InChI is InChI=1S/C16H27N3O2S.2ClH/c1-11(13-5-4-6-17-8-13)7-15(20)18-9-14-10-22-16(19-14)12(2)21-3;;/h10-13,17H,4-9H2,1-3H3,(H,18,20);2*1H. The van der Waals surface area contributed by atoms with Gasteiger partial charge in [-0.2, -0.15) is 0 Å². The molecule has 2 rings (SSSR count). The Balaban J connectivity index is 0.00000264. The van der Waals surface area contributed by atoms with Crippen LogP contribution < -0.4 is 10.6 Å². The van der Waals surface area contributed by atoms with Gasteiger partial charge in [-0.15, -0.1) is 36.2 Å². The van der Waals surface area contributed by atoms with Gasteiger partial charge >= 0.3 is 0 Å². The van der Waals surface area contributed by atoms with Crippen LogP contribution in [0, 0.1) is 11.8 Å². The van der Waals surface area contributed by atoms with Crippen molar-refractivity contribution in [2.75, 3.05) is 20.2 Å². The molecule has 1 aliphatic heterocycles. The van der Waals surface area contributed by atoms with Crippen molar-refractivity contribution in [2.24, 2.45) is 11.8 Å². The van der Waals surface area contributed by atoms with Crippen molar-refractivity contribution in [3.8, 4) is 0 Å². The highest BCUT2D eigenvalue weighted by Gasteiger charge is 2.22. The van der Waals surface area contributed by atoms with E-state index in [9.17, 15) is 4.79 Å². The first kappa shape index (κ1) is 23.6. The molecule has 1 aromatic heterocycles. The number of methoxy groups -OCH3 is 1. The third-order valence-electron chi connectivity index (χ3n) is 4.38. The van der Waals surface area contributed by atoms with Crippen LogP contribution in [-0.2, 0) is 16.1 Å². The summed E-state index contributed by atoms with van der Waals surface area (Å²) in [5.41, 5.74) is 0.907. The lowest BCUT2D eigenvalue weighted by atomic mass is 9.85. The lowest BCUT2D eigenvalue weighted by molar-refractivity contribution is -0.122. The molecule has 3 unspecified atom stereocenters. The second-order valence-corrected chi connectivity index (χ2v) is 7.01. The zero-order valence-corrected chi connectivity index (χ0v) is 17.0. The topological polar surface area (TPSA) is 63.2 Å². The molecule has 1 aromatic rings. The van der Waals surface area contributed by atoms with E-state index in [1.54, 1.807) is 18.4 Å². The molecule has 0 radical (unpaired) electrons. The Morgan fingerprint density at radius 1 is 1.50 bits per heavy atom. The number of nitrogens with zero attached hydrogens (tertiary/aromatic N) is 1. The number of rotatable bonds is 7. The van der Waals surface area contributed by atoms with E-state index in [1.807, 2.05) is 12.3 Å². The maximum Gasteiger partial charge on any atom is 0.220 e. The first-order valence-corrected chi connectivity index (χ1v) is 8.92. The largest absolute Gasteiger partial charge is 0.375 e. The van der Waals surface area contributed by atoms with Crippen LogP contribution in [-0.4, -0.2) is 31.1 Å². The number of amides is 1. The molecule has 8 heteroatoms. The quantitative estimate of drug-likeness (QED) is 0.740. The highest BCUT2D eigenvalue weighted by atomic mass is 35.5. The van der Waals surface area contributed by atoms with Crippen LogP contribution in [0.2, 0.25) is 0 Å². The van der Waals surface area contributed by atoms with Crippen molar-refractivity contribution in [3.05, 3.63) is 16.1 Å². The lowest BCUT2D eigenvalue weighted by Gasteiger charge is -2.27. The fourth-order valence-electron chi connectivity index (χ4n) is 2.78. The van der Waals surface area contributed by atoms with E-state index >= 15 is 0 Å². The van der Waals surface area contributed by atoms with Gasteiger partial charge in [-0.3, -0.25) is 4.79 Å². The number of thiazole rings is 1. The van der Waals surface area contributed by atoms with E-state index in [-0.39, 0.29) is 36.8 Å². The average Bonchev–Trinajstić information content (AvgIpc) is 3.02. The number of carbonyl (C=O) groups excluding carboxylic acids is 1. The molecule has 0 saturated carbocycles. The van der Waals surface area contributed by atoms with Crippen molar-refractivity contribution < 1.29 is 9.53 Å². The van der Waals surface area contributed by atoms with Crippen molar-refractivity contribution in [2.45, 2.75) is 45.8 Å². The number of hydrogen-bond acceptors (Lipinski definition) is 5. The van der Waals surface area contributed by atoms with Gasteiger partial charge in [0.2, 0.25) is 5.91 Å². The zero-order chi connectivity index (χ0) is 15.9. The molecule has 5 nitrogen and oxygen atoms in total. The normalized spacial score (nSPS) is 19.5. The molecule has 0 spiro atoms. The molecule has 1 saturated heterocycles. The van der Waals surface area contributed by atoms with E-state index in [0.717, 1.165) is 23.8 Å². The van der Waals surface area contributed by atoms with Gasteiger partial charge < -0.3 is 15.4 Å². The third-order valence-corrected chi connectivity index (χ3v) is 5.44. The van der Waals surface area contributed by atoms with Gasteiger partial charge in [0, 0.05) is 18.9 Å². The van der Waals surface area contributed by atoms with E-state index in [1.165, 1.54) is 12.8 Å². The van der Waals surface area contributed by atoms with Crippen LogP contribution in [0.1, 0.15) is 49.9 Å². The van der Waals surface area contributed by atoms with Gasteiger partial charge in [-0.25, -0.2) is 4.98 Å². The molecule has 0 bridgehead atoms. The summed E-state index contributed by atoms with van der Waals surface area (Å²) in [6.07, 6.45) is 3.05. The van der Waals surface area contributed by atoms with Crippen LogP contribution in [0.4, 0.5) is 0 Å². The second kappa shape index (κ2) is 12.0. The summed E-state index contributed by atoms with van der Waals surface area (Å²) in [5.74, 6) is 1.16. The lowest BCUT2D eigenvalue weighted by Crippen LogP contribution is -2.35. The van der Waals surface area contributed by atoms with Crippen molar-refractivity contribution in [1.82, 2.24) is 15.6 Å². The van der Waals surface area contributed by atoms with Crippen molar-refractivity contribution in [1.29, 1.82) is 0 Å². The van der Waals surface area contributed by atoms with Gasteiger partial charge in [-0.05, 0) is 44.7 Å². The second-order valence-electron chi connectivity index (χ2n) is 6.12. The van der Waals surface area contributed by atoms with E-state index < -0.39 is 0 Å². The first-order valence-electron chi connectivity index (χ1n) is 8.04. The monoisotopic (exact) mass is 397 g/mol. The molecule has 1 fully saturated rings. The van der Waals surface area contributed by atoms with Gasteiger partial charge in [0.15, 0.2) is 0 Å². The summed E-state index contributed by atoms with van der Waals surface area (Å²) in [6.45, 7) is 6.81. The maximum atomic E-state index is 12.1. The third kappa shape index (κ3) is 7.23. The Morgan fingerprint density at radius 2 is 2.25 bits per heavy atom. The molecule has 1 amide bonds. The number of carbonyl (C=O) groups is 1. The van der Waals surface area contributed by atoms with Crippen LogP contribution >= 0.6 is 36.2 Å². The summed E-state index contributed by atoms with van der Waals surface area (Å²) in [4.78, 5) is 16.6. The average molecular weight is 398 g/mol. The fourth-order valence-corrected chi connectivity index (χ4v) is 3.63. The number of ether oxygens (including phenoxy) is 1.